The Hall–Kier alpha value is -8.56. The van der Waals surface area contributed by atoms with Gasteiger partial charge < -0.3 is 87.0 Å². The van der Waals surface area contributed by atoms with Gasteiger partial charge in [-0.3, -0.25) is 57.9 Å². The van der Waals surface area contributed by atoms with Crippen molar-refractivity contribution in [2.45, 2.75) is 185 Å². The summed E-state index contributed by atoms with van der Waals surface area (Å²) in [4.78, 5) is 149. The number of carbonyl (C=O) groups is 10. The smallest absolute Gasteiger partial charge is 0.245 e. The second-order valence-electron chi connectivity index (χ2n) is 25.3. The Kier molecular flexibility index (Phi) is 27.2. The van der Waals surface area contributed by atoms with E-state index >= 15 is 0 Å². The first-order chi connectivity index (χ1) is 43.4. The Morgan fingerprint density at radius 2 is 1.10 bits per heavy atom. The van der Waals surface area contributed by atoms with Crippen LogP contribution in [-0.4, -0.2) is 157 Å². The maximum absolute atomic E-state index is 14.8. The van der Waals surface area contributed by atoms with Gasteiger partial charge in [-0.15, -0.1) is 0 Å². The van der Waals surface area contributed by atoms with Crippen LogP contribution in [0.4, 0.5) is 0 Å². The lowest BCUT2D eigenvalue weighted by atomic mass is 9.49. The number of nitrogens with two attached hydrogens (primary N) is 7. The highest BCUT2D eigenvalue weighted by Gasteiger charge is 2.52. The summed E-state index contributed by atoms with van der Waals surface area (Å²) in [6.07, 6.45) is 7.44. The number of hydrogen-bond acceptors (Lipinski definition) is 14. The number of aliphatic imine (C=N–C) groups is 2. The van der Waals surface area contributed by atoms with Gasteiger partial charge in [-0.05, 0) is 156 Å². The average Bonchev–Trinajstić information content (AvgIpc) is 1.21. The Balaban J connectivity index is 1.17. The van der Waals surface area contributed by atoms with Gasteiger partial charge in [0.15, 0.2) is 11.9 Å². The van der Waals surface area contributed by atoms with E-state index in [0.717, 1.165) is 24.8 Å². The summed E-state index contributed by atoms with van der Waals surface area (Å²) in [5, 5.41) is 19.3. The zero-order valence-electron chi connectivity index (χ0n) is 52.8. The highest BCUT2D eigenvalue weighted by atomic mass is 16.5. The number of rotatable bonds is 37. The predicted molar refractivity (Wildman–Crippen MR) is 341 cm³/mol. The van der Waals surface area contributed by atoms with Crippen molar-refractivity contribution in [1.82, 2.24) is 42.1 Å². The van der Waals surface area contributed by atoms with E-state index in [0.29, 0.717) is 48.5 Å². The van der Waals surface area contributed by atoms with Gasteiger partial charge in [0, 0.05) is 38.9 Å². The Labute approximate surface area is 532 Å². The molecule has 0 spiro atoms. The van der Waals surface area contributed by atoms with Crippen LogP contribution in [-0.2, 0) is 60.8 Å². The quantitative estimate of drug-likeness (QED) is 0.0213. The molecule has 28 nitrogen and oxygen atoms in total. The zero-order valence-corrected chi connectivity index (χ0v) is 52.8. The number of carbonyl (C=O) groups excluding carboxylic acids is 10. The van der Waals surface area contributed by atoms with Crippen molar-refractivity contribution in [3.8, 4) is 5.75 Å². The molecule has 7 rings (SSSR count). The third kappa shape index (κ3) is 22.1. The fourth-order valence-corrected chi connectivity index (χ4v) is 13.7. The third-order valence-corrected chi connectivity index (χ3v) is 17.6. The third-order valence-electron chi connectivity index (χ3n) is 17.6. The highest BCUT2D eigenvalue weighted by Crippen LogP contribution is 2.61. The van der Waals surface area contributed by atoms with Crippen molar-refractivity contribution in [2.75, 3.05) is 32.8 Å². The lowest BCUT2D eigenvalue weighted by Crippen LogP contribution is -2.61. The molecule has 0 aromatic heterocycles. The molecule has 4 aliphatic carbocycles. The van der Waals surface area contributed by atoms with Crippen molar-refractivity contribution < 1.29 is 52.7 Å². The largest absolute Gasteiger partial charge is 0.494 e. The second-order valence-corrected chi connectivity index (χ2v) is 25.3. The summed E-state index contributed by atoms with van der Waals surface area (Å²) in [7, 11) is 0. The molecule has 2 aromatic rings. The first-order valence-corrected chi connectivity index (χ1v) is 31.9. The average molecular weight is 1270 g/mol. The molecule has 21 N–H and O–H groups in total. The summed E-state index contributed by atoms with van der Waals surface area (Å²) in [5.41, 5.74) is 40.3. The number of nitrogens with one attached hydrogen (secondary N) is 7. The minimum absolute atomic E-state index is 0.00255. The number of benzene rings is 2. The van der Waals surface area contributed by atoms with Gasteiger partial charge in [-0.2, -0.15) is 0 Å². The molecule has 91 heavy (non-hydrogen) atoms. The molecule has 10 amide bonds. The van der Waals surface area contributed by atoms with Crippen molar-refractivity contribution in [2.24, 2.45) is 79.2 Å². The van der Waals surface area contributed by atoms with E-state index in [1.165, 1.54) is 24.2 Å². The summed E-state index contributed by atoms with van der Waals surface area (Å²) < 4.78 is 5.66. The minimum atomic E-state index is -1.69. The van der Waals surface area contributed by atoms with Gasteiger partial charge in [0.05, 0.1) is 13.0 Å². The number of primary amides is 2. The molecule has 1 heterocycles. The first kappa shape index (κ1) is 71.5. The number of guanidine groups is 2. The van der Waals surface area contributed by atoms with Gasteiger partial charge in [0.1, 0.15) is 54.1 Å². The Morgan fingerprint density at radius 1 is 0.593 bits per heavy atom. The van der Waals surface area contributed by atoms with Gasteiger partial charge >= 0.3 is 0 Å². The van der Waals surface area contributed by atoms with Gasteiger partial charge in [0.25, 0.3) is 0 Å². The molecule has 500 valence electrons. The first-order valence-electron chi connectivity index (χ1n) is 31.9. The van der Waals surface area contributed by atoms with Gasteiger partial charge in [-0.25, -0.2) is 0 Å². The summed E-state index contributed by atoms with van der Waals surface area (Å²) >= 11 is 0. The standard InChI is InChI=1S/C63H97N17O11/c1-4-91-42-20-18-38(19-21-42)30-46(73-51(82)35-63-32-39-26-40(33-63)28-41(27-39)34-63)55(85)77-47(29-37-12-6-5-7-13-37)57(87)79-52(36(2)3)59(89)78-48(31-50(65)81)56(86)76-45(14-8-22-64)60(90)80-25-11-17-49(80)58(88)75-44(16-10-24-72-62(69)70)54(84)74-43(53(66)83)15-9-23-71-61(67)68/h5-7,12-13,18-21,36,39-41,43-49,52H,4,8-11,14-17,22-35,64H2,1-3H3,(H2,65,81)(H2,66,83)(H,73,82)(H,74,84)(H,75,88)(H,76,86)(H,77,85)(H,78,89)(H,79,87)(H4,67,68,71)(H4,69,70,72)/t39?,40?,41?,43-,44-,45-,46+,47-,48-,49-,52-,63?/m0/s1. The molecule has 4 saturated carbocycles. The van der Waals surface area contributed by atoms with Gasteiger partial charge in [-0.1, -0.05) is 56.3 Å². The molecule has 5 aliphatic rings. The monoisotopic (exact) mass is 1270 g/mol. The molecule has 8 atom stereocenters. The van der Waals surface area contributed by atoms with Crippen LogP contribution in [0.3, 0.4) is 0 Å². The number of hydrogen-bond donors (Lipinski definition) is 14. The molecule has 0 unspecified atom stereocenters. The van der Waals surface area contributed by atoms with Crippen LogP contribution in [0.5, 0.6) is 5.75 Å². The van der Waals surface area contributed by atoms with E-state index in [4.69, 9.17) is 44.9 Å². The topological polar surface area (TPSA) is 474 Å². The van der Waals surface area contributed by atoms with Crippen LogP contribution >= 0.6 is 0 Å². The van der Waals surface area contributed by atoms with Crippen LogP contribution in [0.25, 0.3) is 0 Å². The van der Waals surface area contributed by atoms with E-state index in [2.05, 4.69) is 47.2 Å². The van der Waals surface area contributed by atoms with Crippen LogP contribution in [0.15, 0.2) is 64.6 Å². The number of amides is 10. The molecule has 0 radical (unpaired) electrons. The Morgan fingerprint density at radius 3 is 1.65 bits per heavy atom. The van der Waals surface area contributed by atoms with Crippen molar-refractivity contribution >= 4 is 71.0 Å². The lowest BCUT2D eigenvalue weighted by Gasteiger charge is -2.56. The SMILES string of the molecule is CCOc1ccc(C[C@@H](NC(=O)CC23CC4CC(CC(C4)C2)C3)C(=O)N[C@@H](Cc2ccccc2)C(=O)N[C@H](C(=O)N[C@@H](CC(N)=O)C(=O)N[C@@H](CCCN)C(=O)N2CCC[C@H]2C(=O)N[C@@H](CCCN=C(N)N)C(=O)N[C@@H](CCCN=C(N)N)C(N)=O)C(C)C)cc1. The molecule has 2 aromatic carbocycles. The number of likely N-dealkylation sites (tertiary alicyclic amines) is 1. The Bertz CT molecular complexity index is 2870. The molecular formula is C63H97N17O11. The van der Waals surface area contributed by atoms with Crippen molar-refractivity contribution in [3.05, 3.63) is 65.7 Å². The number of nitrogens with zero attached hydrogens (tertiary/aromatic N) is 3. The van der Waals surface area contributed by atoms with Crippen LogP contribution in [0.2, 0.25) is 0 Å². The normalized spacial score (nSPS) is 21.0. The fourth-order valence-electron chi connectivity index (χ4n) is 13.7. The second kappa shape index (κ2) is 34.6. The molecule has 28 heteroatoms. The zero-order chi connectivity index (χ0) is 66.4. The van der Waals surface area contributed by atoms with Gasteiger partial charge in [0.2, 0.25) is 59.1 Å². The van der Waals surface area contributed by atoms with Crippen molar-refractivity contribution in [3.63, 3.8) is 0 Å². The molecule has 5 fully saturated rings. The maximum Gasteiger partial charge on any atom is 0.245 e. The van der Waals surface area contributed by atoms with Crippen LogP contribution in [0, 0.1) is 29.1 Å². The lowest BCUT2D eigenvalue weighted by molar-refractivity contribution is -0.143. The molecule has 4 bridgehead atoms. The fraction of sp³-hybridized carbons (Fsp3) is 0.619. The summed E-state index contributed by atoms with van der Waals surface area (Å²) in [5.74, 6) is -6.07. The highest BCUT2D eigenvalue weighted by molar-refractivity contribution is 5.99. The molecule has 1 saturated heterocycles. The van der Waals surface area contributed by atoms with Crippen LogP contribution in [0.1, 0.15) is 135 Å². The predicted octanol–water partition coefficient (Wildman–Crippen LogP) is -1.28. The van der Waals surface area contributed by atoms with Crippen molar-refractivity contribution in [1.29, 1.82) is 0 Å². The summed E-state index contributed by atoms with van der Waals surface area (Å²) in [6, 6.07) is 5.77. The van der Waals surface area contributed by atoms with E-state index in [1.807, 2.05) is 19.1 Å². The molecule has 1 aliphatic heterocycles. The van der Waals surface area contributed by atoms with E-state index < -0.39 is 114 Å². The maximum atomic E-state index is 14.8. The molecular weight excluding hydrogens is 1170 g/mol. The van der Waals surface area contributed by atoms with Crippen LogP contribution < -0.4 is 82.1 Å². The number of ether oxygens (including phenoxy) is 1. The van der Waals surface area contributed by atoms with E-state index in [9.17, 15) is 47.9 Å². The van der Waals surface area contributed by atoms with E-state index in [1.54, 1.807) is 56.3 Å². The van der Waals surface area contributed by atoms with E-state index in [-0.39, 0.29) is 107 Å². The minimum Gasteiger partial charge on any atom is -0.494 e. The summed E-state index contributed by atoms with van der Waals surface area (Å²) in [6.45, 7) is 6.01.